The quantitative estimate of drug-likeness (QED) is 0.363. The second kappa shape index (κ2) is 8.75. The maximum absolute atomic E-state index is 11.9. The molecule has 0 spiro atoms. The summed E-state index contributed by atoms with van der Waals surface area (Å²) in [6.45, 7) is 0.0818. The van der Waals surface area contributed by atoms with Gasteiger partial charge in [0.15, 0.2) is 0 Å². The molecule has 8 heteroatoms. The number of thioether (sulfide) groups is 1. The van der Waals surface area contributed by atoms with E-state index in [1.54, 1.807) is 29.1 Å². The number of rotatable bonds is 7. The Morgan fingerprint density at radius 1 is 1.19 bits per heavy atom. The maximum Gasteiger partial charge on any atom is 0.250 e. The summed E-state index contributed by atoms with van der Waals surface area (Å²) in [5.41, 5.74) is 9.47. The molecule has 0 bridgehead atoms. The molecule has 3 N–H and O–H groups in total. The minimum absolute atomic E-state index is 0.0818. The van der Waals surface area contributed by atoms with Gasteiger partial charge in [0.05, 0.1) is 12.0 Å². The van der Waals surface area contributed by atoms with Gasteiger partial charge in [-0.15, -0.1) is 11.8 Å². The molecule has 0 radical (unpaired) electrons. The van der Waals surface area contributed by atoms with E-state index in [0.29, 0.717) is 5.02 Å². The normalized spacial score (nSPS) is 11.1. The van der Waals surface area contributed by atoms with E-state index >= 15 is 0 Å². The molecule has 1 heterocycles. The highest BCUT2D eigenvalue weighted by atomic mass is 35.5. The average molecular weight is 401 g/mol. The van der Waals surface area contributed by atoms with Gasteiger partial charge in [0, 0.05) is 32.6 Å². The Labute approximate surface area is 165 Å². The number of halogens is 1. The summed E-state index contributed by atoms with van der Waals surface area (Å²) in [5.74, 6) is -0.401. The van der Waals surface area contributed by atoms with Gasteiger partial charge in [-0.2, -0.15) is 5.10 Å². The topological polar surface area (TPSA) is 89.5 Å². The first-order chi connectivity index (χ1) is 13.0. The zero-order chi connectivity index (χ0) is 19.2. The highest BCUT2D eigenvalue weighted by molar-refractivity contribution is 8.00. The fraction of sp³-hybridized carbons (Fsp3) is 0.105. The summed E-state index contributed by atoms with van der Waals surface area (Å²) in [6.07, 6.45) is 3.35. The third kappa shape index (κ3) is 5.12. The molecule has 27 heavy (non-hydrogen) atoms. The van der Waals surface area contributed by atoms with Crippen molar-refractivity contribution < 1.29 is 9.59 Å². The zero-order valence-electron chi connectivity index (χ0n) is 14.3. The monoisotopic (exact) mass is 400 g/mol. The number of fused-ring (bicyclic) bond motifs is 1. The van der Waals surface area contributed by atoms with Crippen LogP contribution in [-0.4, -0.2) is 28.3 Å². The maximum atomic E-state index is 11.9. The number of hydrogen-bond acceptors (Lipinski definition) is 4. The number of primary amides is 1. The Kier molecular flexibility index (Phi) is 6.16. The average Bonchev–Trinajstić information content (AvgIpc) is 2.98. The third-order valence-corrected chi connectivity index (χ3v) is 4.99. The number of aromatic nitrogens is 1. The number of carbonyl (C=O) groups is 2. The first-order valence-electron chi connectivity index (χ1n) is 8.09. The molecule has 0 saturated carbocycles. The van der Waals surface area contributed by atoms with Gasteiger partial charge >= 0.3 is 0 Å². The SMILES string of the molecule is NC(=O)Cn1cc(/C=N/NC(=O)CSc2ccc(Cl)cc2)c2ccccc21. The lowest BCUT2D eigenvalue weighted by molar-refractivity contribution is -0.119. The van der Waals surface area contributed by atoms with Gasteiger partial charge in [0.25, 0.3) is 0 Å². The minimum atomic E-state index is -0.424. The van der Waals surface area contributed by atoms with E-state index in [4.69, 9.17) is 17.3 Å². The summed E-state index contributed by atoms with van der Waals surface area (Å²) in [5, 5.41) is 5.60. The van der Waals surface area contributed by atoms with Gasteiger partial charge in [-0.25, -0.2) is 5.43 Å². The number of hydrazone groups is 1. The molecule has 0 unspecified atom stereocenters. The van der Waals surface area contributed by atoms with Gasteiger partial charge in [-0.05, 0) is 30.3 Å². The van der Waals surface area contributed by atoms with E-state index in [0.717, 1.165) is 21.4 Å². The summed E-state index contributed by atoms with van der Waals surface area (Å²) in [4.78, 5) is 24.1. The lowest BCUT2D eigenvalue weighted by Crippen LogP contribution is -2.19. The van der Waals surface area contributed by atoms with Crippen LogP contribution in [0.5, 0.6) is 0 Å². The molecule has 6 nitrogen and oxygen atoms in total. The van der Waals surface area contributed by atoms with Crippen LogP contribution in [0.4, 0.5) is 0 Å². The highest BCUT2D eigenvalue weighted by Gasteiger charge is 2.08. The van der Waals surface area contributed by atoms with Crippen LogP contribution >= 0.6 is 23.4 Å². The van der Waals surface area contributed by atoms with Gasteiger partial charge in [-0.1, -0.05) is 29.8 Å². The zero-order valence-corrected chi connectivity index (χ0v) is 15.8. The molecular formula is C19H17ClN4O2S. The predicted molar refractivity (Wildman–Crippen MR) is 109 cm³/mol. The van der Waals surface area contributed by atoms with Crippen LogP contribution in [-0.2, 0) is 16.1 Å². The number of benzene rings is 2. The van der Waals surface area contributed by atoms with Crippen molar-refractivity contribution >= 4 is 52.3 Å². The van der Waals surface area contributed by atoms with Crippen LogP contribution in [0, 0.1) is 0 Å². The fourth-order valence-corrected chi connectivity index (χ4v) is 3.38. The van der Waals surface area contributed by atoms with Crippen molar-refractivity contribution in [1.29, 1.82) is 0 Å². The molecule has 0 aliphatic heterocycles. The molecule has 0 aliphatic rings. The molecule has 2 aromatic carbocycles. The van der Waals surface area contributed by atoms with Crippen molar-refractivity contribution in [2.75, 3.05) is 5.75 Å². The Hall–Kier alpha value is -2.77. The number of nitrogens with one attached hydrogen (secondary N) is 1. The Bertz CT molecular complexity index is 999. The second-order valence-electron chi connectivity index (χ2n) is 5.73. The molecule has 0 saturated heterocycles. The Morgan fingerprint density at radius 3 is 2.67 bits per heavy atom. The van der Waals surface area contributed by atoms with Crippen molar-refractivity contribution in [3.8, 4) is 0 Å². The first-order valence-corrected chi connectivity index (χ1v) is 9.46. The number of carbonyl (C=O) groups excluding carboxylic acids is 2. The van der Waals surface area contributed by atoms with Gasteiger partial charge in [-0.3, -0.25) is 9.59 Å². The lowest BCUT2D eigenvalue weighted by Gasteiger charge is -2.01. The largest absolute Gasteiger partial charge is 0.368 e. The number of amides is 2. The standard InChI is InChI=1S/C19H17ClN4O2S/c20-14-5-7-15(8-6-14)27-12-19(26)23-22-9-13-10-24(11-18(21)25)17-4-2-1-3-16(13)17/h1-10H,11-12H2,(H2,21,25)(H,23,26)/b22-9+. The van der Waals surface area contributed by atoms with Gasteiger partial charge < -0.3 is 10.3 Å². The minimum Gasteiger partial charge on any atom is -0.368 e. The van der Waals surface area contributed by atoms with E-state index in [-0.39, 0.29) is 18.2 Å². The summed E-state index contributed by atoms with van der Waals surface area (Å²) in [6, 6.07) is 14.9. The highest BCUT2D eigenvalue weighted by Crippen LogP contribution is 2.21. The number of nitrogens with zero attached hydrogens (tertiary/aromatic N) is 2. The van der Waals surface area contributed by atoms with Crippen molar-refractivity contribution in [2.45, 2.75) is 11.4 Å². The molecule has 0 atom stereocenters. The molecule has 1 aromatic heterocycles. The van der Waals surface area contributed by atoms with Crippen LogP contribution < -0.4 is 11.2 Å². The molecule has 3 rings (SSSR count). The molecular weight excluding hydrogens is 384 g/mol. The summed E-state index contributed by atoms with van der Waals surface area (Å²) >= 11 is 7.23. The van der Waals surface area contributed by atoms with E-state index in [2.05, 4.69) is 10.5 Å². The van der Waals surface area contributed by atoms with Crippen molar-refractivity contribution in [3.05, 3.63) is 65.3 Å². The molecule has 0 aliphatic carbocycles. The smallest absolute Gasteiger partial charge is 0.250 e. The fourth-order valence-electron chi connectivity index (χ4n) is 2.56. The van der Waals surface area contributed by atoms with Crippen LogP contribution in [0.25, 0.3) is 10.9 Å². The number of nitrogens with two attached hydrogens (primary N) is 1. The Morgan fingerprint density at radius 2 is 1.93 bits per heavy atom. The van der Waals surface area contributed by atoms with Crippen LogP contribution in [0.1, 0.15) is 5.56 Å². The van der Waals surface area contributed by atoms with E-state index in [1.165, 1.54) is 11.8 Å². The predicted octanol–water partition coefficient (Wildman–Crippen LogP) is 3.02. The first kappa shape index (κ1) is 19.0. The van der Waals surface area contributed by atoms with Crippen molar-refractivity contribution in [2.24, 2.45) is 10.8 Å². The Balaban J connectivity index is 1.63. The van der Waals surface area contributed by atoms with E-state index in [9.17, 15) is 9.59 Å². The molecule has 3 aromatic rings. The summed E-state index contributed by atoms with van der Waals surface area (Å²) < 4.78 is 1.76. The lowest BCUT2D eigenvalue weighted by atomic mass is 10.2. The molecule has 0 fully saturated rings. The van der Waals surface area contributed by atoms with Crippen LogP contribution in [0.3, 0.4) is 0 Å². The van der Waals surface area contributed by atoms with Gasteiger partial charge in [0.2, 0.25) is 11.8 Å². The molecule has 2 amide bonds. The van der Waals surface area contributed by atoms with E-state index < -0.39 is 5.91 Å². The van der Waals surface area contributed by atoms with E-state index in [1.807, 2.05) is 36.4 Å². The molecule has 138 valence electrons. The number of para-hydroxylation sites is 1. The van der Waals surface area contributed by atoms with Crippen molar-refractivity contribution in [1.82, 2.24) is 9.99 Å². The van der Waals surface area contributed by atoms with Crippen LogP contribution in [0.2, 0.25) is 5.02 Å². The number of hydrogen-bond donors (Lipinski definition) is 2. The summed E-state index contributed by atoms with van der Waals surface area (Å²) in [7, 11) is 0. The second-order valence-corrected chi connectivity index (χ2v) is 7.22. The van der Waals surface area contributed by atoms with Crippen LogP contribution in [0.15, 0.2) is 64.7 Å². The third-order valence-electron chi connectivity index (χ3n) is 3.72. The van der Waals surface area contributed by atoms with Gasteiger partial charge in [0.1, 0.15) is 6.54 Å². The van der Waals surface area contributed by atoms with Crippen molar-refractivity contribution in [3.63, 3.8) is 0 Å².